The summed E-state index contributed by atoms with van der Waals surface area (Å²) in [6.07, 6.45) is 7.45. The molecule has 5 aromatic rings. The number of fused-ring (bicyclic) bond motifs is 2. The Bertz CT molecular complexity index is 1410. The van der Waals surface area contributed by atoms with Gasteiger partial charge in [0.25, 0.3) is 0 Å². The maximum absolute atomic E-state index is 5.65. The number of nitrogens with one attached hydrogen (secondary N) is 2. The smallest absolute Gasteiger partial charge is 0.180 e. The molecule has 0 aliphatic heterocycles. The average Bonchev–Trinajstić information content (AvgIpc) is 3.51. The Hall–Kier alpha value is -4.11. The first-order chi connectivity index (χ1) is 16.2. The van der Waals surface area contributed by atoms with Gasteiger partial charge >= 0.3 is 0 Å². The van der Waals surface area contributed by atoms with Crippen LogP contribution in [-0.4, -0.2) is 59.0 Å². The standard InChI is InChI=1S/C24H25N7O2/c1-30(10-11-32-2)21-7-6-18(13-22(21)33-3)27-23-24-25-8-9-31(24)15-20(28-23)16-4-5-17-14-26-29-19(17)12-16/h4-9,12-15H,10-11H2,1-3H3,(H,26,29)(H,27,28). The third kappa shape index (κ3) is 4.06. The third-order valence-electron chi connectivity index (χ3n) is 5.60. The summed E-state index contributed by atoms with van der Waals surface area (Å²) in [4.78, 5) is 11.5. The number of rotatable bonds is 8. The highest BCUT2D eigenvalue weighted by molar-refractivity contribution is 5.84. The lowest BCUT2D eigenvalue weighted by Crippen LogP contribution is -2.22. The van der Waals surface area contributed by atoms with Crippen LogP contribution in [0.15, 0.2) is 61.2 Å². The molecule has 2 aromatic carbocycles. The summed E-state index contributed by atoms with van der Waals surface area (Å²) in [6.45, 7) is 1.40. The molecule has 0 amide bonds. The van der Waals surface area contributed by atoms with Crippen molar-refractivity contribution in [3.05, 3.63) is 61.2 Å². The summed E-state index contributed by atoms with van der Waals surface area (Å²) < 4.78 is 12.8. The molecule has 0 aliphatic rings. The van der Waals surface area contributed by atoms with Crippen molar-refractivity contribution in [1.29, 1.82) is 0 Å². The summed E-state index contributed by atoms with van der Waals surface area (Å²) >= 11 is 0. The van der Waals surface area contributed by atoms with Crippen molar-refractivity contribution >= 4 is 33.7 Å². The van der Waals surface area contributed by atoms with Crippen molar-refractivity contribution in [3.8, 4) is 17.0 Å². The Morgan fingerprint density at radius 3 is 2.91 bits per heavy atom. The highest BCUT2D eigenvalue weighted by Crippen LogP contribution is 2.33. The highest BCUT2D eigenvalue weighted by atomic mass is 16.5. The van der Waals surface area contributed by atoms with Crippen molar-refractivity contribution < 1.29 is 9.47 Å². The molecular formula is C24H25N7O2. The van der Waals surface area contributed by atoms with Crippen LogP contribution in [0.1, 0.15) is 0 Å². The van der Waals surface area contributed by atoms with E-state index in [-0.39, 0.29) is 0 Å². The lowest BCUT2D eigenvalue weighted by Gasteiger charge is -2.22. The van der Waals surface area contributed by atoms with E-state index in [0.29, 0.717) is 12.4 Å². The summed E-state index contributed by atoms with van der Waals surface area (Å²) in [6, 6.07) is 12.1. The SMILES string of the molecule is COCCN(C)c1ccc(Nc2nc(-c3ccc4cn[nH]c4c3)cn3ccnc23)cc1OC. The number of anilines is 3. The van der Waals surface area contributed by atoms with E-state index >= 15 is 0 Å². The molecule has 0 spiro atoms. The first-order valence-corrected chi connectivity index (χ1v) is 10.6. The van der Waals surface area contributed by atoms with E-state index in [1.54, 1.807) is 20.4 Å². The number of hydrogen-bond acceptors (Lipinski definition) is 7. The van der Waals surface area contributed by atoms with Gasteiger partial charge in [0.1, 0.15) is 5.75 Å². The molecule has 9 heteroatoms. The molecule has 0 radical (unpaired) electrons. The van der Waals surface area contributed by atoms with Crippen LogP contribution in [0.3, 0.4) is 0 Å². The quantitative estimate of drug-likeness (QED) is 0.373. The molecule has 0 atom stereocenters. The number of hydrogen-bond donors (Lipinski definition) is 2. The summed E-state index contributed by atoms with van der Waals surface area (Å²) in [5, 5.41) is 11.6. The topological polar surface area (TPSA) is 92.6 Å². The number of benzene rings is 2. The third-order valence-corrected chi connectivity index (χ3v) is 5.60. The van der Waals surface area contributed by atoms with Gasteiger partial charge in [-0.05, 0) is 18.2 Å². The van der Waals surface area contributed by atoms with Gasteiger partial charge in [0.05, 0.1) is 36.8 Å². The predicted octanol–water partition coefficient (Wildman–Crippen LogP) is 4.11. The van der Waals surface area contributed by atoms with Gasteiger partial charge in [-0.25, -0.2) is 9.97 Å². The number of H-pyrrole nitrogens is 1. The molecule has 2 N–H and O–H groups in total. The highest BCUT2D eigenvalue weighted by Gasteiger charge is 2.13. The maximum atomic E-state index is 5.65. The first kappa shape index (κ1) is 20.8. The van der Waals surface area contributed by atoms with Crippen LogP contribution in [0.25, 0.3) is 27.8 Å². The molecule has 33 heavy (non-hydrogen) atoms. The molecule has 0 bridgehead atoms. The minimum absolute atomic E-state index is 0.637. The zero-order valence-corrected chi connectivity index (χ0v) is 18.7. The zero-order chi connectivity index (χ0) is 22.8. The zero-order valence-electron chi connectivity index (χ0n) is 18.7. The van der Waals surface area contributed by atoms with Gasteiger partial charge in [0, 0.05) is 62.0 Å². The van der Waals surface area contributed by atoms with E-state index in [1.165, 1.54) is 0 Å². The molecular weight excluding hydrogens is 418 g/mol. The predicted molar refractivity (Wildman–Crippen MR) is 129 cm³/mol. The van der Waals surface area contributed by atoms with Crippen molar-refractivity contribution in [2.24, 2.45) is 0 Å². The number of aromatic nitrogens is 5. The van der Waals surface area contributed by atoms with Crippen molar-refractivity contribution in [1.82, 2.24) is 24.6 Å². The number of nitrogens with zero attached hydrogens (tertiary/aromatic N) is 5. The Kier molecular flexibility index (Phi) is 5.54. The van der Waals surface area contributed by atoms with Gasteiger partial charge in [-0.2, -0.15) is 5.10 Å². The van der Waals surface area contributed by atoms with E-state index in [4.69, 9.17) is 14.5 Å². The van der Waals surface area contributed by atoms with Crippen molar-refractivity contribution in [2.45, 2.75) is 0 Å². The lowest BCUT2D eigenvalue weighted by molar-refractivity contribution is 0.206. The van der Waals surface area contributed by atoms with Gasteiger partial charge in [-0.3, -0.25) is 5.10 Å². The van der Waals surface area contributed by atoms with Crippen LogP contribution in [0.5, 0.6) is 5.75 Å². The van der Waals surface area contributed by atoms with E-state index in [0.717, 1.165) is 51.5 Å². The second-order valence-electron chi connectivity index (χ2n) is 7.73. The van der Waals surface area contributed by atoms with Crippen LogP contribution in [0, 0.1) is 0 Å². The maximum Gasteiger partial charge on any atom is 0.180 e. The van der Waals surface area contributed by atoms with Crippen molar-refractivity contribution in [3.63, 3.8) is 0 Å². The van der Waals surface area contributed by atoms with Crippen LogP contribution in [0.4, 0.5) is 17.2 Å². The van der Waals surface area contributed by atoms with E-state index in [9.17, 15) is 0 Å². The Balaban J connectivity index is 1.50. The lowest BCUT2D eigenvalue weighted by atomic mass is 10.1. The molecule has 0 saturated carbocycles. The monoisotopic (exact) mass is 443 g/mol. The number of ether oxygens (including phenoxy) is 2. The Morgan fingerprint density at radius 1 is 1.15 bits per heavy atom. The first-order valence-electron chi connectivity index (χ1n) is 10.6. The minimum atomic E-state index is 0.637. The van der Waals surface area contributed by atoms with Crippen LogP contribution in [0.2, 0.25) is 0 Å². The van der Waals surface area contributed by atoms with Crippen LogP contribution >= 0.6 is 0 Å². The molecule has 0 unspecified atom stereocenters. The summed E-state index contributed by atoms with van der Waals surface area (Å²) in [7, 11) is 5.38. The number of methoxy groups -OCH3 is 2. The van der Waals surface area contributed by atoms with Gasteiger partial charge < -0.3 is 24.1 Å². The number of aromatic amines is 1. The van der Waals surface area contributed by atoms with Crippen molar-refractivity contribution in [2.75, 3.05) is 44.6 Å². The molecule has 3 heterocycles. The molecule has 0 aliphatic carbocycles. The summed E-state index contributed by atoms with van der Waals surface area (Å²) in [5.74, 6) is 1.42. The fourth-order valence-electron chi connectivity index (χ4n) is 3.81. The average molecular weight is 444 g/mol. The molecule has 9 nitrogen and oxygen atoms in total. The van der Waals surface area contributed by atoms with Crippen LogP contribution < -0.4 is 15.0 Å². The fourth-order valence-corrected chi connectivity index (χ4v) is 3.81. The van der Waals surface area contributed by atoms with E-state index < -0.39 is 0 Å². The molecule has 0 fully saturated rings. The van der Waals surface area contributed by atoms with Gasteiger partial charge in [-0.1, -0.05) is 12.1 Å². The second kappa shape index (κ2) is 8.79. The van der Waals surface area contributed by atoms with Crippen LogP contribution in [-0.2, 0) is 4.74 Å². The van der Waals surface area contributed by atoms with Gasteiger partial charge in [-0.15, -0.1) is 0 Å². The molecule has 5 rings (SSSR count). The number of imidazole rings is 1. The second-order valence-corrected chi connectivity index (χ2v) is 7.73. The molecule has 168 valence electrons. The minimum Gasteiger partial charge on any atom is -0.495 e. The fraction of sp³-hybridized carbons (Fsp3) is 0.208. The van der Waals surface area contributed by atoms with Gasteiger partial charge in [0.2, 0.25) is 0 Å². The Morgan fingerprint density at radius 2 is 2.06 bits per heavy atom. The Labute approximate surface area is 191 Å². The number of likely N-dealkylation sites (N-methyl/N-ethyl adjacent to an activating group) is 1. The largest absolute Gasteiger partial charge is 0.495 e. The normalized spacial score (nSPS) is 11.2. The van der Waals surface area contributed by atoms with E-state index in [1.807, 2.05) is 66.4 Å². The molecule has 3 aromatic heterocycles. The molecule has 0 saturated heterocycles. The van der Waals surface area contributed by atoms with E-state index in [2.05, 4.69) is 25.4 Å². The van der Waals surface area contributed by atoms with Gasteiger partial charge in [0.15, 0.2) is 11.5 Å². The summed E-state index contributed by atoms with van der Waals surface area (Å²) in [5.41, 5.74) is 5.35.